The zero-order chi connectivity index (χ0) is 32.1. The summed E-state index contributed by atoms with van der Waals surface area (Å²) in [5, 5.41) is 29.8. The fourth-order valence-electron chi connectivity index (χ4n) is 6.82. The lowest BCUT2D eigenvalue weighted by Gasteiger charge is -2.33. The summed E-state index contributed by atoms with van der Waals surface area (Å²) < 4.78 is 0. The van der Waals surface area contributed by atoms with Crippen molar-refractivity contribution in [3.05, 3.63) is 201 Å². The zero-order valence-corrected chi connectivity index (χ0v) is 26.8. The van der Waals surface area contributed by atoms with Crippen LogP contribution in [0.4, 0.5) is 0 Å². The first-order valence-electron chi connectivity index (χ1n) is 15.9. The highest BCUT2D eigenvalue weighted by Gasteiger charge is 2.37. The van der Waals surface area contributed by atoms with Gasteiger partial charge in [0, 0.05) is 11.1 Å². The Bertz CT molecular complexity index is 1930. The Balaban J connectivity index is 1.54. The summed E-state index contributed by atoms with van der Waals surface area (Å²) in [5.41, 5.74) is 6.53. The molecule has 0 saturated heterocycles. The van der Waals surface area contributed by atoms with E-state index in [0.29, 0.717) is 0 Å². The Morgan fingerprint density at radius 2 is 0.630 bits per heavy atom. The van der Waals surface area contributed by atoms with Crippen LogP contribution in [-0.2, 0) is 11.2 Å². The Kier molecular flexibility index (Phi) is 7.36. The van der Waals surface area contributed by atoms with Crippen molar-refractivity contribution in [1.82, 2.24) is 0 Å². The van der Waals surface area contributed by atoms with Gasteiger partial charge in [0.2, 0.25) is 0 Å². The van der Waals surface area contributed by atoms with Crippen LogP contribution in [0.3, 0.4) is 0 Å². The van der Waals surface area contributed by atoms with E-state index in [4.69, 9.17) is 0 Å². The van der Waals surface area contributed by atoms with Crippen molar-refractivity contribution in [2.75, 3.05) is 0 Å². The number of fused-ring (bicyclic) bond motifs is 2. The van der Waals surface area contributed by atoms with E-state index in [2.05, 4.69) is 100 Å². The summed E-state index contributed by atoms with van der Waals surface area (Å²) in [5.74, 6) is 0. The van der Waals surface area contributed by atoms with Crippen molar-refractivity contribution in [3.63, 3.8) is 0 Å². The van der Waals surface area contributed by atoms with Gasteiger partial charge in [-0.1, -0.05) is 156 Å². The minimum absolute atomic E-state index is 0.795. The molecule has 0 spiro atoms. The molecule has 2 heteroatoms. The summed E-state index contributed by atoms with van der Waals surface area (Å²) in [6.45, 7) is 8.24. The normalized spacial score (nSPS) is 12.1. The van der Waals surface area contributed by atoms with Crippen LogP contribution < -0.4 is 0 Å². The van der Waals surface area contributed by atoms with E-state index in [1.165, 1.54) is 0 Å². The van der Waals surface area contributed by atoms with Crippen molar-refractivity contribution >= 4 is 21.5 Å². The van der Waals surface area contributed by atoms with E-state index in [-0.39, 0.29) is 0 Å². The predicted octanol–water partition coefficient (Wildman–Crippen LogP) is 9.80. The molecule has 7 aromatic carbocycles. The molecule has 0 bridgehead atoms. The molecular formula is C44H38O2. The molecule has 7 aromatic rings. The molecular weight excluding hydrogens is 560 g/mol. The molecule has 0 aliphatic rings. The molecule has 7 rings (SSSR count). The minimum Gasteiger partial charge on any atom is -0.376 e. The Morgan fingerprint density at radius 1 is 0.348 bits per heavy atom. The van der Waals surface area contributed by atoms with Crippen molar-refractivity contribution in [2.24, 2.45) is 0 Å². The summed E-state index contributed by atoms with van der Waals surface area (Å²) >= 11 is 0. The van der Waals surface area contributed by atoms with Crippen molar-refractivity contribution < 1.29 is 10.2 Å². The van der Waals surface area contributed by atoms with E-state index < -0.39 is 11.2 Å². The second-order valence-corrected chi connectivity index (χ2v) is 12.8. The van der Waals surface area contributed by atoms with Crippen LogP contribution in [0.15, 0.2) is 146 Å². The van der Waals surface area contributed by atoms with Gasteiger partial charge in [-0.25, -0.2) is 0 Å². The van der Waals surface area contributed by atoms with Gasteiger partial charge in [-0.05, 0) is 83.6 Å². The highest BCUT2D eigenvalue weighted by molar-refractivity contribution is 6.02. The first-order valence-corrected chi connectivity index (χ1v) is 15.9. The molecule has 0 aromatic heterocycles. The molecule has 226 valence electrons. The van der Waals surface area contributed by atoms with Gasteiger partial charge in [-0.2, -0.15) is 0 Å². The van der Waals surface area contributed by atoms with Gasteiger partial charge in [-0.15, -0.1) is 0 Å². The second-order valence-electron chi connectivity index (χ2n) is 12.8. The Morgan fingerprint density at radius 3 is 0.913 bits per heavy atom. The van der Waals surface area contributed by atoms with Crippen LogP contribution in [-0.4, -0.2) is 10.2 Å². The first kappa shape index (κ1) is 29.7. The summed E-state index contributed by atoms with van der Waals surface area (Å²) in [4.78, 5) is 0. The predicted molar refractivity (Wildman–Crippen MR) is 190 cm³/mol. The van der Waals surface area contributed by atoms with Crippen molar-refractivity contribution in [2.45, 2.75) is 38.9 Å². The fourth-order valence-corrected chi connectivity index (χ4v) is 6.82. The van der Waals surface area contributed by atoms with Crippen LogP contribution >= 0.6 is 0 Å². The smallest absolute Gasteiger partial charge is 0.141 e. The van der Waals surface area contributed by atoms with Crippen LogP contribution in [0.1, 0.15) is 55.6 Å². The van der Waals surface area contributed by atoms with Gasteiger partial charge in [0.05, 0.1) is 0 Å². The summed E-state index contributed by atoms with van der Waals surface area (Å²) in [6, 6.07) is 49.2. The zero-order valence-electron chi connectivity index (χ0n) is 26.8. The highest BCUT2D eigenvalue weighted by Crippen LogP contribution is 2.44. The summed E-state index contributed by atoms with van der Waals surface area (Å²) in [7, 11) is 0. The average molecular weight is 599 g/mol. The molecule has 0 aliphatic heterocycles. The molecule has 0 radical (unpaired) electrons. The molecule has 2 N–H and O–H groups in total. The van der Waals surface area contributed by atoms with E-state index in [0.717, 1.165) is 77.2 Å². The van der Waals surface area contributed by atoms with E-state index in [9.17, 15) is 10.2 Å². The largest absolute Gasteiger partial charge is 0.376 e. The fraction of sp³-hybridized carbons (Fsp3) is 0.136. The van der Waals surface area contributed by atoms with Crippen molar-refractivity contribution in [1.29, 1.82) is 0 Å². The lowest BCUT2D eigenvalue weighted by molar-refractivity contribution is 0.127. The molecule has 46 heavy (non-hydrogen) atoms. The topological polar surface area (TPSA) is 40.5 Å². The molecule has 0 atom stereocenters. The van der Waals surface area contributed by atoms with Crippen LogP contribution in [0, 0.1) is 27.7 Å². The third-order valence-electron chi connectivity index (χ3n) is 9.54. The number of benzene rings is 7. The van der Waals surface area contributed by atoms with Crippen molar-refractivity contribution in [3.8, 4) is 0 Å². The SMILES string of the molecule is Cc1ccc(C(O)(c2ccc(C)cc2)c2cccc3cc4cccc(C(O)(c5ccc(C)cc5)c5ccc(C)cc5)c4cc23)cc1. The monoisotopic (exact) mass is 598 g/mol. The number of aryl methyl sites for hydroxylation is 4. The minimum atomic E-state index is -1.41. The summed E-state index contributed by atoms with van der Waals surface area (Å²) in [6.07, 6.45) is 0. The highest BCUT2D eigenvalue weighted by atomic mass is 16.3. The maximum atomic E-state index is 13.0. The van der Waals surface area contributed by atoms with Gasteiger partial charge in [0.15, 0.2) is 0 Å². The average Bonchev–Trinajstić information content (AvgIpc) is 3.07. The van der Waals surface area contributed by atoms with E-state index in [1.54, 1.807) is 0 Å². The van der Waals surface area contributed by atoms with Crippen LogP contribution in [0.25, 0.3) is 21.5 Å². The third-order valence-corrected chi connectivity index (χ3v) is 9.54. The lowest BCUT2D eigenvalue weighted by atomic mass is 9.76. The third kappa shape index (κ3) is 4.91. The van der Waals surface area contributed by atoms with Gasteiger partial charge in [0.25, 0.3) is 0 Å². The molecule has 2 nitrogen and oxygen atoms in total. The molecule has 0 aliphatic carbocycles. The molecule has 0 fully saturated rings. The maximum absolute atomic E-state index is 13.0. The lowest BCUT2D eigenvalue weighted by Crippen LogP contribution is -2.30. The quantitative estimate of drug-likeness (QED) is 0.148. The number of aliphatic hydroxyl groups is 2. The van der Waals surface area contributed by atoms with Gasteiger partial charge < -0.3 is 10.2 Å². The first-order chi connectivity index (χ1) is 22.2. The van der Waals surface area contributed by atoms with Gasteiger partial charge >= 0.3 is 0 Å². The van der Waals surface area contributed by atoms with Crippen LogP contribution in [0.2, 0.25) is 0 Å². The molecule has 0 unspecified atom stereocenters. The standard InChI is InChI=1S/C44H38O2/c1-29-11-19-35(20-12-29)43(45,36-21-13-30(2)14-22-36)41-9-5-7-33-27-34-8-6-10-42(40(34)28-39(33)41)44(46,37-23-15-31(3)16-24-37)38-25-17-32(4)18-26-38/h5-28,45-46H,1-4H3. The second kappa shape index (κ2) is 11.4. The maximum Gasteiger partial charge on any atom is 0.141 e. The molecule has 0 amide bonds. The van der Waals surface area contributed by atoms with Crippen LogP contribution in [0.5, 0.6) is 0 Å². The van der Waals surface area contributed by atoms with Gasteiger partial charge in [-0.3, -0.25) is 0 Å². The number of rotatable bonds is 6. The van der Waals surface area contributed by atoms with Gasteiger partial charge in [0.1, 0.15) is 11.2 Å². The van der Waals surface area contributed by atoms with E-state index >= 15 is 0 Å². The number of hydrogen-bond donors (Lipinski definition) is 2. The Hall–Kier alpha value is -5.02. The number of hydrogen-bond acceptors (Lipinski definition) is 2. The molecule has 0 heterocycles. The molecule has 0 saturated carbocycles. The van der Waals surface area contributed by atoms with E-state index in [1.807, 2.05) is 72.8 Å². The Labute approximate surface area is 271 Å².